The van der Waals surface area contributed by atoms with Crippen LogP contribution in [0.5, 0.6) is 0 Å². The number of benzene rings is 2. The van der Waals surface area contributed by atoms with Gasteiger partial charge in [-0.3, -0.25) is 4.79 Å². The third kappa shape index (κ3) is 4.44. The zero-order chi connectivity index (χ0) is 22.0. The Bertz CT molecular complexity index is 1080. The zero-order valence-electron chi connectivity index (χ0n) is 17.4. The van der Waals surface area contributed by atoms with E-state index in [1.807, 2.05) is 4.90 Å². The van der Waals surface area contributed by atoms with Gasteiger partial charge in [0, 0.05) is 31.7 Å². The Labute approximate surface area is 181 Å². The molecule has 1 N–H and O–H groups in total. The molecule has 166 valence electrons. The van der Waals surface area contributed by atoms with Crippen molar-refractivity contribution >= 4 is 27.3 Å². The van der Waals surface area contributed by atoms with Gasteiger partial charge >= 0.3 is 0 Å². The molecule has 2 fully saturated rings. The Balaban J connectivity index is 1.64. The van der Waals surface area contributed by atoms with Gasteiger partial charge in [-0.25, -0.2) is 12.8 Å². The first-order chi connectivity index (χ1) is 14.9. The fourth-order valence-corrected chi connectivity index (χ4v) is 5.42. The van der Waals surface area contributed by atoms with Crippen molar-refractivity contribution in [2.24, 2.45) is 0 Å². The largest absolute Gasteiger partial charge is 0.379 e. The topological polar surface area (TPSA) is 78.9 Å². The monoisotopic (exact) mass is 447 g/mol. The Hall–Kier alpha value is -2.49. The fourth-order valence-electron chi connectivity index (χ4n) is 3.98. The van der Waals surface area contributed by atoms with Gasteiger partial charge in [-0.05, 0) is 49.6 Å². The third-order valence-electron chi connectivity index (χ3n) is 5.74. The number of aryl methyl sites for hydroxylation is 1. The van der Waals surface area contributed by atoms with Gasteiger partial charge in [0.15, 0.2) is 0 Å². The lowest BCUT2D eigenvalue weighted by atomic mass is 10.1. The molecule has 0 bridgehead atoms. The van der Waals surface area contributed by atoms with Gasteiger partial charge in [0.2, 0.25) is 10.0 Å². The summed E-state index contributed by atoms with van der Waals surface area (Å²) in [5.74, 6) is -1.06. The number of rotatable bonds is 5. The molecule has 0 radical (unpaired) electrons. The molecule has 0 unspecified atom stereocenters. The Morgan fingerprint density at radius 2 is 1.77 bits per heavy atom. The summed E-state index contributed by atoms with van der Waals surface area (Å²) in [6, 6.07) is 9.18. The van der Waals surface area contributed by atoms with E-state index in [2.05, 4.69) is 5.32 Å². The summed E-state index contributed by atoms with van der Waals surface area (Å²) in [6.45, 7) is 4.55. The first-order valence-electron chi connectivity index (χ1n) is 10.4. The number of carbonyl (C=O) groups excluding carboxylic acids is 1. The lowest BCUT2D eigenvalue weighted by Crippen LogP contribution is -2.40. The molecular formula is C22H26FN3O4S. The summed E-state index contributed by atoms with van der Waals surface area (Å²) in [6.07, 6.45) is 2.04. The molecule has 0 spiro atoms. The molecule has 9 heteroatoms. The molecule has 2 aromatic rings. The number of nitrogens with zero attached hydrogens (tertiary/aromatic N) is 2. The van der Waals surface area contributed by atoms with E-state index in [4.69, 9.17) is 4.74 Å². The molecule has 0 saturated carbocycles. The van der Waals surface area contributed by atoms with Gasteiger partial charge in [-0.2, -0.15) is 4.31 Å². The summed E-state index contributed by atoms with van der Waals surface area (Å²) in [4.78, 5) is 15.2. The maximum absolute atomic E-state index is 14.6. The molecule has 4 rings (SSSR count). The lowest BCUT2D eigenvalue weighted by Gasteiger charge is -2.26. The second-order valence-corrected chi connectivity index (χ2v) is 9.71. The maximum Gasteiger partial charge on any atom is 0.256 e. The van der Waals surface area contributed by atoms with Crippen molar-refractivity contribution in [2.45, 2.75) is 24.7 Å². The number of sulfonamides is 1. The van der Waals surface area contributed by atoms with Crippen molar-refractivity contribution in [1.29, 1.82) is 0 Å². The number of carbonyl (C=O) groups is 1. The van der Waals surface area contributed by atoms with E-state index < -0.39 is 21.7 Å². The molecule has 2 aliphatic heterocycles. The van der Waals surface area contributed by atoms with Crippen molar-refractivity contribution < 1.29 is 22.3 Å². The molecule has 2 heterocycles. The molecule has 2 aliphatic rings. The van der Waals surface area contributed by atoms with E-state index in [1.165, 1.54) is 22.5 Å². The number of ether oxygens (including phenoxy) is 1. The minimum absolute atomic E-state index is 0.0402. The third-order valence-corrected chi connectivity index (χ3v) is 7.63. The molecule has 2 aromatic carbocycles. The average molecular weight is 448 g/mol. The summed E-state index contributed by atoms with van der Waals surface area (Å²) in [5.41, 5.74) is 1.57. The molecule has 0 aromatic heterocycles. The van der Waals surface area contributed by atoms with Crippen molar-refractivity contribution in [1.82, 2.24) is 4.31 Å². The Morgan fingerprint density at radius 1 is 1.06 bits per heavy atom. The van der Waals surface area contributed by atoms with Crippen LogP contribution >= 0.6 is 0 Å². The zero-order valence-corrected chi connectivity index (χ0v) is 18.3. The number of anilines is 2. The number of halogens is 1. The van der Waals surface area contributed by atoms with Gasteiger partial charge in [0.1, 0.15) is 11.5 Å². The van der Waals surface area contributed by atoms with Crippen molar-refractivity contribution in [3.05, 3.63) is 53.3 Å². The van der Waals surface area contributed by atoms with E-state index >= 15 is 0 Å². The molecule has 2 saturated heterocycles. The number of hydrogen-bond acceptors (Lipinski definition) is 5. The standard InChI is InChI=1S/C22H26FN3O4S/c1-16-7-8-17(31(28,29)26-11-13-30-14-12-26)15-18(16)22(27)24-21-19(23)5-4-6-20(21)25-9-2-3-10-25/h4-8,15H,2-3,9-14H2,1H3,(H,24,27). The van der Waals surface area contributed by atoms with Gasteiger partial charge in [-0.1, -0.05) is 12.1 Å². The number of hydrogen-bond donors (Lipinski definition) is 1. The second kappa shape index (κ2) is 8.94. The first kappa shape index (κ1) is 21.7. The summed E-state index contributed by atoms with van der Waals surface area (Å²) in [7, 11) is -3.75. The van der Waals surface area contributed by atoms with E-state index in [0.29, 0.717) is 24.5 Å². The van der Waals surface area contributed by atoms with Crippen LogP contribution < -0.4 is 10.2 Å². The molecule has 0 atom stereocenters. The highest BCUT2D eigenvalue weighted by molar-refractivity contribution is 7.89. The van der Waals surface area contributed by atoms with Crippen molar-refractivity contribution in [2.75, 3.05) is 49.6 Å². The molecule has 7 nitrogen and oxygen atoms in total. The Kier molecular flexibility index (Phi) is 6.27. The normalized spacial score (nSPS) is 17.7. The highest BCUT2D eigenvalue weighted by Gasteiger charge is 2.28. The number of nitrogens with one attached hydrogen (secondary N) is 1. The SMILES string of the molecule is Cc1ccc(S(=O)(=O)N2CCOCC2)cc1C(=O)Nc1c(F)cccc1N1CCCC1. The molecule has 31 heavy (non-hydrogen) atoms. The molecular weight excluding hydrogens is 421 g/mol. The smallest absolute Gasteiger partial charge is 0.256 e. The lowest BCUT2D eigenvalue weighted by molar-refractivity contribution is 0.0730. The highest BCUT2D eigenvalue weighted by atomic mass is 32.2. The molecule has 1 amide bonds. The quantitative estimate of drug-likeness (QED) is 0.762. The van der Waals surface area contributed by atoms with E-state index in [-0.39, 0.29) is 29.2 Å². The summed E-state index contributed by atoms with van der Waals surface area (Å²) < 4.78 is 47.2. The van der Waals surface area contributed by atoms with Crippen LogP contribution in [0.3, 0.4) is 0 Å². The summed E-state index contributed by atoms with van der Waals surface area (Å²) >= 11 is 0. The minimum atomic E-state index is -3.75. The fraction of sp³-hybridized carbons (Fsp3) is 0.409. The van der Waals surface area contributed by atoms with Gasteiger partial charge < -0.3 is 15.0 Å². The maximum atomic E-state index is 14.6. The van der Waals surface area contributed by atoms with Gasteiger partial charge in [-0.15, -0.1) is 0 Å². The number of para-hydroxylation sites is 1. The Morgan fingerprint density at radius 3 is 2.48 bits per heavy atom. The van der Waals surface area contributed by atoms with Crippen LogP contribution in [-0.4, -0.2) is 58.0 Å². The van der Waals surface area contributed by atoms with Crippen LogP contribution in [0.2, 0.25) is 0 Å². The van der Waals surface area contributed by atoms with E-state index in [1.54, 1.807) is 25.1 Å². The highest BCUT2D eigenvalue weighted by Crippen LogP contribution is 2.32. The van der Waals surface area contributed by atoms with Gasteiger partial charge in [0.05, 0.1) is 23.8 Å². The predicted octanol–water partition coefficient (Wildman–Crippen LogP) is 3.01. The van der Waals surface area contributed by atoms with Crippen LogP contribution in [-0.2, 0) is 14.8 Å². The molecule has 0 aliphatic carbocycles. The van der Waals surface area contributed by atoms with E-state index in [9.17, 15) is 17.6 Å². The minimum Gasteiger partial charge on any atom is -0.379 e. The van der Waals surface area contributed by atoms with Crippen LogP contribution in [0.15, 0.2) is 41.3 Å². The van der Waals surface area contributed by atoms with Crippen LogP contribution in [0.1, 0.15) is 28.8 Å². The van der Waals surface area contributed by atoms with Crippen LogP contribution in [0.4, 0.5) is 15.8 Å². The predicted molar refractivity (Wildman–Crippen MR) is 117 cm³/mol. The van der Waals surface area contributed by atoms with Gasteiger partial charge in [0.25, 0.3) is 5.91 Å². The average Bonchev–Trinajstić information content (AvgIpc) is 3.30. The van der Waals surface area contributed by atoms with Crippen LogP contribution in [0.25, 0.3) is 0 Å². The van der Waals surface area contributed by atoms with E-state index in [0.717, 1.165) is 25.9 Å². The number of amides is 1. The van der Waals surface area contributed by atoms with Crippen molar-refractivity contribution in [3.8, 4) is 0 Å². The van der Waals surface area contributed by atoms with Crippen molar-refractivity contribution in [3.63, 3.8) is 0 Å². The second-order valence-electron chi connectivity index (χ2n) is 7.78. The first-order valence-corrected chi connectivity index (χ1v) is 11.9. The number of morpholine rings is 1. The summed E-state index contributed by atoms with van der Waals surface area (Å²) in [5, 5.41) is 2.69. The van der Waals surface area contributed by atoms with Crippen LogP contribution in [0, 0.1) is 12.7 Å².